The van der Waals surface area contributed by atoms with Gasteiger partial charge >= 0.3 is 5.97 Å². The summed E-state index contributed by atoms with van der Waals surface area (Å²) < 4.78 is 9.45. The summed E-state index contributed by atoms with van der Waals surface area (Å²) in [6.07, 6.45) is 0.549. The summed E-state index contributed by atoms with van der Waals surface area (Å²) in [6.45, 7) is 1.42. The molecule has 0 N–H and O–H groups in total. The monoisotopic (exact) mass is 315 g/mol. The highest BCUT2D eigenvalue weighted by Crippen LogP contribution is 2.35. The van der Waals surface area contributed by atoms with Crippen LogP contribution in [0.2, 0.25) is 5.02 Å². The quantitative estimate of drug-likeness (QED) is 0.345. The van der Waals surface area contributed by atoms with Gasteiger partial charge in [-0.1, -0.05) is 11.6 Å². The maximum Gasteiger partial charge on any atom is 0.339 e. The number of hydrogen-bond acceptors (Lipinski definition) is 6. The van der Waals surface area contributed by atoms with E-state index in [1.54, 1.807) is 0 Å². The van der Waals surface area contributed by atoms with E-state index in [9.17, 15) is 19.7 Å². The summed E-state index contributed by atoms with van der Waals surface area (Å²) in [6, 6.07) is 2.22. The molecule has 0 radical (unpaired) electrons. The molecular formula is C13H14ClNO6. The zero-order chi connectivity index (χ0) is 16.2. The standard InChI is InChI=1S/C13H14ClNO6/c1-13(6-16,7-20-2)9-5-10(14)8(12(17)21-3)4-11(9)15(18)19/h4-6H,7H2,1-3H3. The lowest BCUT2D eigenvalue weighted by Gasteiger charge is -2.22. The lowest BCUT2D eigenvalue weighted by molar-refractivity contribution is -0.386. The summed E-state index contributed by atoms with van der Waals surface area (Å²) in [5.41, 5.74) is -1.72. The van der Waals surface area contributed by atoms with Crippen molar-refractivity contribution in [2.45, 2.75) is 12.3 Å². The molecular weight excluding hydrogens is 302 g/mol. The summed E-state index contributed by atoms with van der Waals surface area (Å²) in [5, 5.41) is 11.2. The Labute approximate surface area is 125 Å². The maximum atomic E-state index is 11.5. The summed E-state index contributed by atoms with van der Waals surface area (Å²) in [5.74, 6) is -0.797. The molecule has 0 saturated carbocycles. The van der Waals surface area contributed by atoms with Gasteiger partial charge in [0.15, 0.2) is 0 Å². The van der Waals surface area contributed by atoms with Gasteiger partial charge in [-0.2, -0.15) is 0 Å². The molecule has 0 amide bonds. The van der Waals surface area contributed by atoms with Crippen molar-refractivity contribution in [3.8, 4) is 0 Å². The Bertz CT molecular complexity index is 588. The first kappa shape index (κ1) is 17.1. The van der Waals surface area contributed by atoms with Gasteiger partial charge in [-0.3, -0.25) is 10.1 Å². The van der Waals surface area contributed by atoms with Crippen molar-refractivity contribution >= 4 is 29.5 Å². The topological polar surface area (TPSA) is 95.7 Å². The highest BCUT2D eigenvalue weighted by molar-refractivity contribution is 6.33. The normalized spacial score (nSPS) is 13.3. The van der Waals surface area contributed by atoms with E-state index in [1.807, 2.05) is 0 Å². The molecule has 0 fully saturated rings. The number of nitro benzene ring substituents is 1. The smallest absolute Gasteiger partial charge is 0.339 e. The average molecular weight is 316 g/mol. The second-order valence-corrected chi connectivity index (χ2v) is 4.97. The Morgan fingerprint density at radius 2 is 2.10 bits per heavy atom. The van der Waals surface area contributed by atoms with Crippen molar-refractivity contribution in [2.75, 3.05) is 20.8 Å². The van der Waals surface area contributed by atoms with Crippen LogP contribution in [0.25, 0.3) is 0 Å². The van der Waals surface area contributed by atoms with Gasteiger partial charge in [0.25, 0.3) is 5.69 Å². The van der Waals surface area contributed by atoms with Crippen LogP contribution in [0.1, 0.15) is 22.8 Å². The van der Waals surface area contributed by atoms with E-state index in [4.69, 9.17) is 16.3 Å². The number of carbonyl (C=O) groups is 2. The van der Waals surface area contributed by atoms with Crippen LogP contribution >= 0.6 is 11.6 Å². The number of ether oxygens (including phenoxy) is 2. The van der Waals surface area contributed by atoms with E-state index in [1.165, 1.54) is 20.1 Å². The number of benzene rings is 1. The molecule has 0 saturated heterocycles. The van der Waals surface area contributed by atoms with Crippen molar-refractivity contribution in [1.29, 1.82) is 0 Å². The third-order valence-corrected chi connectivity index (χ3v) is 3.32. The lowest BCUT2D eigenvalue weighted by atomic mass is 9.83. The molecule has 0 heterocycles. The number of aldehydes is 1. The Hall–Kier alpha value is -1.99. The largest absolute Gasteiger partial charge is 0.465 e. The SMILES string of the molecule is COCC(C)(C=O)c1cc(Cl)c(C(=O)OC)cc1[N+](=O)[O-]. The van der Waals surface area contributed by atoms with Gasteiger partial charge in [0.1, 0.15) is 6.29 Å². The van der Waals surface area contributed by atoms with Crippen molar-refractivity contribution in [1.82, 2.24) is 0 Å². The third-order valence-electron chi connectivity index (χ3n) is 3.01. The van der Waals surface area contributed by atoms with Crippen molar-refractivity contribution in [2.24, 2.45) is 0 Å². The number of nitrogens with zero attached hydrogens (tertiary/aromatic N) is 1. The summed E-state index contributed by atoms with van der Waals surface area (Å²) in [7, 11) is 2.51. The molecule has 21 heavy (non-hydrogen) atoms. The number of halogens is 1. The van der Waals surface area contributed by atoms with Gasteiger partial charge in [-0.25, -0.2) is 4.79 Å². The van der Waals surface area contributed by atoms with Crippen LogP contribution in [0.3, 0.4) is 0 Å². The fourth-order valence-corrected chi connectivity index (χ4v) is 2.15. The first-order valence-electron chi connectivity index (χ1n) is 5.82. The van der Waals surface area contributed by atoms with Crippen LogP contribution in [-0.2, 0) is 19.7 Å². The minimum Gasteiger partial charge on any atom is -0.465 e. The van der Waals surface area contributed by atoms with Crippen molar-refractivity contribution in [3.63, 3.8) is 0 Å². The van der Waals surface area contributed by atoms with Crippen LogP contribution in [0, 0.1) is 10.1 Å². The zero-order valence-electron chi connectivity index (χ0n) is 11.7. The van der Waals surface area contributed by atoms with Gasteiger partial charge in [-0.05, 0) is 13.0 Å². The van der Waals surface area contributed by atoms with Crippen molar-refractivity contribution in [3.05, 3.63) is 38.4 Å². The van der Waals surface area contributed by atoms with Crippen LogP contribution in [0.4, 0.5) is 5.69 Å². The predicted octanol–water partition coefficient (Wildman–Crippen LogP) is 2.14. The minimum atomic E-state index is -1.25. The van der Waals surface area contributed by atoms with Gasteiger partial charge in [0, 0.05) is 18.7 Å². The molecule has 0 aliphatic carbocycles. The van der Waals surface area contributed by atoms with Crippen LogP contribution in [-0.4, -0.2) is 38.0 Å². The molecule has 8 heteroatoms. The van der Waals surface area contributed by atoms with Gasteiger partial charge in [0.05, 0.1) is 34.6 Å². The van der Waals surface area contributed by atoms with Gasteiger partial charge in [-0.15, -0.1) is 0 Å². The number of carbonyl (C=O) groups excluding carboxylic acids is 2. The number of methoxy groups -OCH3 is 2. The summed E-state index contributed by atoms with van der Waals surface area (Å²) >= 11 is 5.96. The molecule has 0 aromatic heterocycles. The number of nitro groups is 1. The molecule has 1 rings (SSSR count). The Morgan fingerprint density at radius 3 is 2.52 bits per heavy atom. The van der Waals surface area contributed by atoms with Gasteiger partial charge < -0.3 is 14.3 Å². The highest BCUT2D eigenvalue weighted by Gasteiger charge is 2.35. The average Bonchev–Trinajstić information content (AvgIpc) is 2.45. The van der Waals surface area contributed by atoms with E-state index in [2.05, 4.69) is 4.74 Å². The van der Waals surface area contributed by atoms with E-state index in [0.29, 0.717) is 6.29 Å². The molecule has 0 spiro atoms. The van der Waals surface area contributed by atoms with E-state index in [-0.39, 0.29) is 22.8 Å². The van der Waals surface area contributed by atoms with E-state index in [0.717, 1.165) is 13.2 Å². The minimum absolute atomic E-state index is 0.0355. The molecule has 1 aromatic carbocycles. The van der Waals surface area contributed by atoms with E-state index >= 15 is 0 Å². The molecule has 1 aromatic rings. The first-order chi connectivity index (χ1) is 9.80. The third kappa shape index (κ3) is 3.37. The number of esters is 1. The van der Waals surface area contributed by atoms with Crippen LogP contribution in [0.5, 0.6) is 0 Å². The van der Waals surface area contributed by atoms with Crippen molar-refractivity contribution < 1.29 is 24.0 Å². The Kier molecular flexibility index (Phi) is 5.40. The highest BCUT2D eigenvalue weighted by atomic mass is 35.5. The molecule has 0 bridgehead atoms. The molecule has 0 aliphatic rings. The Balaban J connectivity index is 3.59. The lowest BCUT2D eigenvalue weighted by Crippen LogP contribution is -2.30. The number of rotatable bonds is 6. The maximum absolute atomic E-state index is 11.5. The molecule has 7 nitrogen and oxygen atoms in total. The fourth-order valence-electron chi connectivity index (χ4n) is 1.91. The first-order valence-corrected chi connectivity index (χ1v) is 6.20. The fraction of sp³-hybridized carbons (Fsp3) is 0.385. The van der Waals surface area contributed by atoms with Crippen LogP contribution in [0.15, 0.2) is 12.1 Å². The van der Waals surface area contributed by atoms with E-state index < -0.39 is 22.0 Å². The molecule has 1 unspecified atom stereocenters. The second-order valence-electron chi connectivity index (χ2n) is 4.57. The predicted molar refractivity (Wildman–Crippen MR) is 74.7 cm³/mol. The summed E-state index contributed by atoms with van der Waals surface area (Å²) in [4.78, 5) is 33.4. The van der Waals surface area contributed by atoms with Gasteiger partial charge in [0.2, 0.25) is 0 Å². The van der Waals surface area contributed by atoms with Crippen LogP contribution < -0.4 is 0 Å². The number of hydrogen-bond donors (Lipinski definition) is 0. The zero-order valence-corrected chi connectivity index (χ0v) is 12.5. The molecule has 114 valence electrons. The second kappa shape index (κ2) is 6.64. The molecule has 1 atom stereocenters. The Morgan fingerprint density at radius 1 is 1.48 bits per heavy atom. The molecule has 0 aliphatic heterocycles.